The van der Waals surface area contributed by atoms with Gasteiger partial charge in [0.2, 0.25) is 0 Å². The van der Waals surface area contributed by atoms with E-state index in [4.69, 9.17) is 0 Å². The van der Waals surface area contributed by atoms with Crippen molar-refractivity contribution in [3.63, 3.8) is 0 Å². The van der Waals surface area contributed by atoms with Gasteiger partial charge in [0.15, 0.2) is 0 Å². The molecule has 0 amide bonds. The van der Waals surface area contributed by atoms with E-state index in [1.54, 1.807) is 0 Å². The summed E-state index contributed by atoms with van der Waals surface area (Å²) in [6.07, 6.45) is 5.90. The van der Waals surface area contributed by atoms with Crippen LogP contribution in [0.4, 0.5) is 0 Å². The second-order valence-electron chi connectivity index (χ2n) is 10.2. The summed E-state index contributed by atoms with van der Waals surface area (Å²) in [5.41, 5.74) is 1.46. The summed E-state index contributed by atoms with van der Waals surface area (Å²) in [6.45, 7) is 21.1. The van der Waals surface area contributed by atoms with Crippen molar-refractivity contribution in [2.75, 3.05) is 19.6 Å². The highest BCUT2D eigenvalue weighted by Crippen LogP contribution is 2.51. The van der Waals surface area contributed by atoms with E-state index >= 15 is 0 Å². The summed E-state index contributed by atoms with van der Waals surface area (Å²) in [7, 11) is 3.04. The molecule has 2 unspecified atom stereocenters. The highest BCUT2D eigenvalue weighted by atomic mass is 31.0. The molecule has 0 aromatic rings. The molecule has 1 nitrogen and oxygen atoms in total. The van der Waals surface area contributed by atoms with Gasteiger partial charge in [-0.1, -0.05) is 48.5 Å². The van der Waals surface area contributed by atoms with Crippen LogP contribution < -0.4 is 0 Å². The fraction of sp³-hybridized carbons (Fsp3) is 1.00. The summed E-state index contributed by atoms with van der Waals surface area (Å²) in [5, 5.41) is 0. The average molecular weight is 340 g/mol. The molecule has 2 heteroatoms. The van der Waals surface area contributed by atoms with E-state index in [2.05, 4.69) is 62.6 Å². The minimum atomic E-state index is 0.379. The Morgan fingerprint density at radius 2 is 1.48 bits per heavy atom. The second kappa shape index (κ2) is 7.33. The molecule has 2 rings (SSSR count). The normalized spacial score (nSPS) is 29.6. The van der Waals surface area contributed by atoms with Crippen LogP contribution in [0.1, 0.15) is 74.1 Å². The quantitative estimate of drug-likeness (QED) is 0.561. The zero-order chi connectivity index (χ0) is 17.4. The molecule has 136 valence electrons. The Bertz CT molecular complexity index is 371. The minimum absolute atomic E-state index is 0.379. The lowest BCUT2D eigenvalue weighted by molar-refractivity contribution is -0.0593. The van der Waals surface area contributed by atoms with Crippen LogP contribution in [0.3, 0.4) is 0 Å². The molecular weight excluding hydrogens is 297 g/mol. The van der Waals surface area contributed by atoms with Gasteiger partial charge < -0.3 is 4.90 Å². The Morgan fingerprint density at radius 1 is 0.957 bits per heavy atom. The van der Waals surface area contributed by atoms with Gasteiger partial charge in [0.25, 0.3) is 0 Å². The molecule has 0 N–H and O–H groups in total. The topological polar surface area (TPSA) is 3.24 Å². The Labute approximate surface area is 148 Å². The lowest BCUT2D eigenvalue weighted by Crippen LogP contribution is -2.59. The lowest BCUT2D eigenvalue weighted by Gasteiger charge is -2.56. The third kappa shape index (κ3) is 4.14. The van der Waals surface area contributed by atoms with Gasteiger partial charge in [-0.3, -0.25) is 0 Å². The van der Waals surface area contributed by atoms with E-state index in [1.165, 1.54) is 45.3 Å². The van der Waals surface area contributed by atoms with Crippen LogP contribution in [-0.4, -0.2) is 30.2 Å². The van der Waals surface area contributed by atoms with E-state index in [-0.39, 0.29) is 0 Å². The van der Waals surface area contributed by atoms with E-state index in [0.717, 1.165) is 23.7 Å². The molecule has 1 aliphatic carbocycles. The first kappa shape index (κ1) is 19.7. The highest BCUT2D eigenvalue weighted by Gasteiger charge is 2.49. The molecule has 0 radical (unpaired) electrons. The SMILES string of the molecule is CC(C)C1CCC(CN2CC(C(C)(C)C(C)(C)C(C)P)C2)CC1. The summed E-state index contributed by atoms with van der Waals surface area (Å²) >= 11 is 0. The van der Waals surface area contributed by atoms with Crippen LogP contribution in [0.15, 0.2) is 0 Å². The van der Waals surface area contributed by atoms with Crippen LogP contribution >= 0.6 is 9.24 Å². The van der Waals surface area contributed by atoms with Crippen LogP contribution in [0, 0.1) is 34.5 Å². The van der Waals surface area contributed by atoms with Gasteiger partial charge in [-0.25, -0.2) is 0 Å². The van der Waals surface area contributed by atoms with Crippen molar-refractivity contribution >= 4 is 9.24 Å². The smallest absolute Gasteiger partial charge is 0.00275 e. The van der Waals surface area contributed by atoms with Crippen molar-refractivity contribution in [3.8, 4) is 0 Å². The van der Waals surface area contributed by atoms with Gasteiger partial charge in [0.1, 0.15) is 0 Å². The third-order valence-corrected chi connectivity index (χ3v) is 8.96. The molecule has 1 aliphatic heterocycles. The fourth-order valence-electron chi connectivity index (χ4n) is 4.69. The number of hydrogen-bond acceptors (Lipinski definition) is 1. The van der Waals surface area contributed by atoms with Crippen LogP contribution in [0.2, 0.25) is 0 Å². The number of rotatable bonds is 6. The monoisotopic (exact) mass is 339 g/mol. The minimum Gasteiger partial charge on any atom is -0.302 e. The van der Waals surface area contributed by atoms with Crippen molar-refractivity contribution < 1.29 is 0 Å². The van der Waals surface area contributed by atoms with Gasteiger partial charge in [0.05, 0.1) is 0 Å². The summed E-state index contributed by atoms with van der Waals surface area (Å²) in [6, 6.07) is 0. The zero-order valence-electron chi connectivity index (χ0n) is 16.9. The lowest BCUT2D eigenvalue weighted by atomic mass is 9.57. The summed E-state index contributed by atoms with van der Waals surface area (Å²) in [4.78, 5) is 2.75. The molecule has 0 spiro atoms. The average Bonchev–Trinajstić information content (AvgIpc) is 2.42. The van der Waals surface area contributed by atoms with Gasteiger partial charge >= 0.3 is 0 Å². The Balaban J connectivity index is 1.77. The molecule has 0 aromatic carbocycles. The van der Waals surface area contributed by atoms with Crippen LogP contribution in [0.25, 0.3) is 0 Å². The van der Waals surface area contributed by atoms with E-state index in [9.17, 15) is 0 Å². The molecule has 2 fully saturated rings. The standard InChI is InChI=1S/C21H42NP/c1-15(2)18-10-8-17(9-11-18)12-22-13-19(14-22)21(6,7)20(4,5)16(3)23/h15-19H,8-14,23H2,1-7H3. The first-order valence-corrected chi connectivity index (χ1v) is 10.7. The van der Waals surface area contributed by atoms with Gasteiger partial charge in [-0.15, -0.1) is 9.24 Å². The van der Waals surface area contributed by atoms with Crippen molar-refractivity contribution in [1.29, 1.82) is 0 Å². The van der Waals surface area contributed by atoms with Gasteiger partial charge in [-0.05, 0) is 65.8 Å². The molecule has 0 bridgehead atoms. The van der Waals surface area contributed by atoms with Gasteiger partial charge in [0, 0.05) is 19.6 Å². The predicted octanol–water partition coefficient (Wildman–Crippen LogP) is 5.70. The summed E-state index contributed by atoms with van der Waals surface area (Å²) in [5.74, 6) is 3.73. The maximum atomic E-state index is 3.04. The molecule has 2 aliphatic rings. The Hall–Kier alpha value is 0.390. The number of hydrogen-bond donors (Lipinski definition) is 0. The molecule has 23 heavy (non-hydrogen) atoms. The highest BCUT2D eigenvalue weighted by molar-refractivity contribution is 7.17. The Morgan fingerprint density at radius 3 is 1.91 bits per heavy atom. The molecular formula is C21H42NP. The maximum absolute atomic E-state index is 3.04. The van der Waals surface area contributed by atoms with E-state index in [0.29, 0.717) is 16.5 Å². The zero-order valence-corrected chi connectivity index (χ0v) is 18.0. The summed E-state index contributed by atoms with van der Waals surface area (Å²) < 4.78 is 0. The molecule has 1 heterocycles. The first-order chi connectivity index (χ1) is 10.6. The number of nitrogens with zero attached hydrogens (tertiary/aromatic N) is 1. The van der Waals surface area contributed by atoms with Crippen molar-refractivity contribution in [2.45, 2.75) is 79.8 Å². The first-order valence-electron chi connectivity index (χ1n) is 10.0. The fourth-order valence-corrected chi connectivity index (χ4v) is 5.12. The van der Waals surface area contributed by atoms with Crippen LogP contribution in [-0.2, 0) is 0 Å². The number of likely N-dealkylation sites (tertiary alicyclic amines) is 1. The van der Waals surface area contributed by atoms with Crippen molar-refractivity contribution in [1.82, 2.24) is 4.90 Å². The van der Waals surface area contributed by atoms with Crippen molar-refractivity contribution in [2.24, 2.45) is 34.5 Å². The van der Waals surface area contributed by atoms with E-state index in [1.807, 2.05) is 0 Å². The molecule has 2 atom stereocenters. The Kier molecular flexibility index (Phi) is 6.28. The van der Waals surface area contributed by atoms with Gasteiger partial charge in [-0.2, -0.15) is 0 Å². The predicted molar refractivity (Wildman–Crippen MR) is 107 cm³/mol. The molecule has 0 aromatic heterocycles. The molecule has 1 saturated carbocycles. The molecule has 1 saturated heterocycles. The maximum Gasteiger partial charge on any atom is 0.00275 e. The largest absolute Gasteiger partial charge is 0.302 e. The van der Waals surface area contributed by atoms with E-state index < -0.39 is 0 Å². The second-order valence-corrected chi connectivity index (χ2v) is 11.2. The van der Waals surface area contributed by atoms with Crippen molar-refractivity contribution in [3.05, 3.63) is 0 Å². The third-order valence-electron chi connectivity index (χ3n) is 8.13. The van der Waals surface area contributed by atoms with Crippen LogP contribution in [0.5, 0.6) is 0 Å².